The lowest BCUT2D eigenvalue weighted by atomic mass is 10.1. The van der Waals surface area contributed by atoms with Crippen molar-refractivity contribution in [2.24, 2.45) is 5.92 Å². The van der Waals surface area contributed by atoms with Crippen LogP contribution in [0.3, 0.4) is 0 Å². The van der Waals surface area contributed by atoms with E-state index in [-0.39, 0.29) is 11.6 Å². The minimum atomic E-state index is 0.0582. The van der Waals surface area contributed by atoms with Crippen molar-refractivity contribution >= 4 is 10.9 Å². The fraction of sp³-hybridized carbons (Fsp3) is 0.529. The molecule has 0 saturated heterocycles. The van der Waals surface area contributed by atoms with Gasteiger partial charge in [0, 0.05) is 6.54 Å². The van der Waals surface area contributed by atoms with Crippen LogP contribution in [0.1, 0.15) is 46.0 Å². The van der Waals surface area contributed by atoms with Crippen molar-refractivity contribution in [3.63, 3.8) is 0 Å². The van der Waals surface area contributed by atoms with Crippen LogP contribution in [0, 0.1) is 5.92 Å². The summed E-state index contributed by atoms with van der Waals surface area (Å²) in [5.74, 6) is 1.42. The van der Waals surface area contributed by atoms with Gasteiger partial charge in [0.15, 0.2) is 0 Å². The Morgan fingerprint density at radius 2 is 1.95 bits per heavy atom. The first-order valence-corrected chi connectivity index (χ1v) is 7.81. The summed E-state index contributed by atoms with van der Waals surface area (Å²) in [6, 6.07) is 7.69. The number of hydrogen-bond acceptors (Lipinski definition) is 3. The third-order valence-corrected chi connectivity index (χ3v) is 3.70. The summed E-state index contributed by atoms with van der Waals surface area (Å²) >= 11 is 0. The van der Waals surface area contributed by atoms with Crippen molar-refractivity contribution in [1.82, 2.24) is 14.9 Å². The average molecular weight is 287 g/mol. The fourth-order valence-electron chi connectivity index (χ4n) is 2.55. The largest absolute Gasteiger partial charge is 0.307 e. The monoisotopic (exact) mass is 287 g/mol. The zero-order chi connectivity index (χ0) is 15.4. The molecule has 0 unspecified atom stereocenters. The first kappa shape index (κ1) is 15.7. The van der Waals surface area contributed by atoms with E-state index in [4.69, 9.17) is 4.98 Å². The molecule has 1 atom stereocenters. The molecule has 4 nitrogen and oxygen atoms in total. The van der Waals surface area contributed by atoms with Gasteiger partial charge in [0.1, 0.15) is 5.82 Å². The smallest absolute Gasteiger partial charge is 0.261 e. The van der Waals surface area contributed by atoms with Gasteiger partial charge in [-0.1, -0.05) is 32.9 Å². The van der Waals surface area contributed by atoms with Crippen LogP contribution >= 0.6 is 0 Å². The van der Waals surface area contributed by atoms with Crippen LogP contribution < -0.4 is 10.9 Å². The Bertz CT molecular complexity index is 661. The molecule has 0 amide bonds. The topological polar surface area (TPSA) is 46.9 Å². The lowest BCUT2D eigenvalue weighted by Crippen LogP contribution is -2.33. The Morgan fingerprint density at radius 3 is 2.57 bits per heavy atom. The van der Waals surface area contributed by atoms with E-state index in [1.807, 2.05) is 31.2 Å². The highest BCUT2D eigenvalue weighted by atomic mass is 16.1. The van der Waals surface area contributed by atoms with Gasteiger partial charge in [0.05, 0.1) is 16.9 Å². The van der Waals surface area contributed by atoms with Gasteiger partial charge in [-0.15, -0.1) is 0 Å². The minimum Gasteiger partial charge on any atom is -0.307 e. The van der Waals surface area contributed by atoms with Crippen LogP contribution in [-0.4, -0.2) is 16.1 Å². The standard InChI is InChI=1S/C17H25N3O/c1-5-14(18-11-12(3)4)16-19-15-10-8-7-9-13(15)17(21)20(16)6-2/h7-10,12,14,18H,5-6,11H2,1-4H3/t14-/m1/s1. The number of benzene rings is 1. The van der Waals surface area contributed by atoms with E-state index < -0.39 is 0 Å². The van der Waals surface area contributed by atoms with Gasteiger partial charge in [-0.05, 0) is 37.9 Å². The summed E-state index contributed by atoms with van der Waals surface area (Å²) < 4.78 is 1.80. The fourth-order valence-corrected chi connectivity index (χ4v) is 2.55. The molecule has 1 aromatic carbocycles. The first-order chi connectivity index (χ1) is 10.1. The highest BCUT2D eigenvalue weighted by Gasteiger charge is 2.17. The van der Waals surface area contributed by atoms with E-state index in [2.05, 4.69) is 26.1 Å². The van der Waals surface area contributed by atoms with Gasteiger partial charge in [-0.25, -0.2) is 4.98 Å². The molecule has 1 N–H and O–H groups in total. The predicted octanol–water partition coefficient (Wildman–Crippen LogP) is 3.11. The molecule has 1 aromatic heterocycles. The van der Waals surface area contributed by atoms with Crippen LogP contribution in [0.2, 0.25) is 0 Å². The third kappa shape index (κ3) is 3.32. The van der Waals surface area contributed by atoms with Crippen molar-refractivity contribution in [3.05, 3.63) is 40.4 Å². The summed E-state index contributed by atoms with van der Waals surface area (Å²) in [6.07, 6.45) is 0.914. The Labute approximate surface area is 126 Å². The molecule has 0 aliphatic rings. The molecule has 0 fully saturated rings. The Balaban J connectivity index is 2.53. The van der Waals surface area contributed by atoms with Crippen LogP contribution in [0.5, 0.6) is 0 Å². The summed E-state index contributed by atoms with van der Waals surface area (Å²) in [6.45, 7) is 10.0. The Morgan fingerprint density at radius 1 is 1.24 bits per heavy atom. The van der Waals surface area contributed by atoms with E-state index >= 15 is 0 Å². The molecule has 114 valence electrons. The lowest BCUT2D eigenvalue weighted by molar-refractivity contribution is 0.430. The second-order valence-corrected chi connectivity index (χ2v) is 5.80. The summed E-state index contributed by atoms with van der Waals surface area (Å²) in [5, 5.41) is 4.23. The third-order valence-electron chi connectivity index (χ3n) is 3.70. The van der Waals surface area contributed by atoms with Crippen molar-refractivity contribution in [2.45, 2.75) is 46.7 Å². The number of nitrogens with zero attached hydrogens (tertiary/aromatic N) is 2. The zero-order valence-electron chi connectivity index (χ0n) is 13.4. The zero-order valence-corrected chi connectivity index (χ0v) is 13.4. The summed E-state index contributed by atoms with van der Waals surface area (Å²) in [4.78, 5) is 17.4. The molecular weight excluding hydrogens is 262 g/mol. The number of para-hydroxylation sites is 1. The normalized spacial score (nSPS) is 13.0. The highest BCUT2D eigenvalue weighted by Crippen LogP contribution is 2.17. The average Bonchev–Trinajstić information content (AvgIpc) is 2.48. The molecule has 2 rings (SSSR count). The molecule has 0 radical (unpaired) electrons. The van der Waals surface area contributed by atoms with E-state index in [1.165, 1.54) is 0 Å². The maximum atomic E-state index is 12.6. The Kier molecular flexibility index (Phi) is 5.12. The SMILES string of the molecule is CC[C@@H](NCC(C)C)c1nc2ccccc2c(=O)n1CC. The number of fused-ring (bicyclic) bond motifs is 1. The van der Waals surface area contributed by atoms with E-state index in [0.29, 0.717) is 17.8 Å². The van der Waals surface area contributed by atoms with Gasteiger partial charge < -0.3 is 5.32 Å². The molecule has 0 spiro atoms. The second-order valence-electron chi connectivity index (χ2n) is 5.80. The summed E-state index contributed by atoms with van der Waals surface area (Å²) in [5.41, 5.74) is 0.842. The van der Waals surface area contributed by atoms with Crippen molar-refractivity contribution < 1.29 is 0 Å². The maximum Gasteiger partial charge on any atom is 0.261 e. The predicted molar refractivity (Wildman–Crippen MR) is 87.5 cm³/mol. The maximum absolute atomic E-state index is 12.6. The molecule has 0 bridgehead atoms. The van der Waals surface area contributed by atoms with Gasteiger partial charge in [0.2, 0.25) is 0 Å². The van der Waals surface area contributed by atoms with Gasteiger partial charge in [-0.2, -0.15) is 0 Å². The van der Waals surface area contributed by atoms with Crippen molar-refractivity contribution in [1.29, 1.82) is 0 Å². The van der Waals surface area contributed by atoms with Crippen LogP contribution in [0.4, 0.5) is 0 Å². The van der Waals surface area contributed by atoms with Gasteiger partial charge in [-0.3, -0.25) is 9.36 Å². The molecule has 21 heavy (non-hydrogen) atoms. The lowest BCUT2D eigenvalue weighted by Gasteiger charge is -2.21. The molecule has 4 heteroatoms. The van der Waals surface area contributed by atoms with Gasteiger partial charge in [0.25, 0.3) is 5.56 Å². The molecule has 2 aromatic rings. The summed E-state index contributed by atoms with van der Waals surface area (Å²) in [7, 11) is 0. The Hall–Kier alpha value is -1.68. The van der Waals surface area contributed by atoms with E-state index in [0.717, 1.165) is 24.3 Å². The highest BCUT2D eigenvalue weighted by molar-refractivity contribution is 5.77. The van der Waals surface area contributed by atoms with Crippen LogP contribution in [0.15, 0.2) is 29.1 Å². The first-order valence-electron chi connectivity index (χ1n) is 7.81. The number of hydrogen-bond donors (Lipinski definition) is 1. The van der Waals surface area contributed by atoms with Crippen molar-refractivity contribution in [3.8, 4) is 0 Å². The molecule has 0 aliphatic carbocycles. The molecular formula is C17H25N3O. The molecule has 0 saturated carbocycles. The van der Waals surface area contributed by atoms with E-state index in [1.54, 1.807) is 4.57 Å². The van der Waals surface area contributed by atoms with Crippen LogP contribution in [0.25, 0.3) is 10.9 Å². The van der Waals surface area contributed by atoms with E-state index in [9.17, 15) is 4.79 Å². The van der Waals surface area contributed by atoms with Crippen LogP contribution in [-0.2, 0) is 6.54 Å². The molecule has 1 heterocycles. The minimum absolute atomic E-state index is 0.0582. The number of aromatic nitrogens is 2. The molecule has 0 aliphatic heterocycles. The van der Waals surface area contributed by atoms with Gasteiger partial charge >= 0.3 is 0 Å². The number of nitrogens with one attached hydrogen (secondary N) is 1. The second kappa shape index (κ2) is 6.85. The van der Waals surface area contributed by atoms with Crippen molar-refractivity contribution in [2.75, 3.05) is 6.54 Å². The quantitative estimate of drug-likeness (QED) is 0.888. The number of rotatable bonds is 6.